The largest absolute Gasteiger partial charge is 0.487 e. The molecule has 112 valence electrons. The van der Waals surface area contributed by atoms with Gasteiger partial charge in [0, 0.05) is 13.0 Å². The highest BCUT2D eigenvalue weighted by Crippen LogP contribution is 2.36. The van der Waals surface area contributed by atoms with E-state index in [4.69, 9.17) is 14.0 Å². The summed E-state index contributed by atoms with van der Waals surface area (Å²) in [7, 11) is -0.422. The van der Waals surface area contributed by atoms with Crippen LogP contribution in [-0.4, -0.2) is 29.3 Å². The number of esters is 1. The lowest BCUT2D eigenvalue weighted by molar-refractivity contribution is -0.132. The molecule has 1 aliphatic rings. The molecule has 21 heavy (non-hydrogen) atoms. The third-order valence-electron chi connectivity index (χ3n) is 3.69. The average molecular weight is 289 g/mol. The number of hydrogen-bond acceptors (Lipinski definition) is 5. The smallest absolute Gasteiger partial charge is 0.408 e. The lowest BCUT2D eigenvalue weighted by Crippen LogP contribution is -2.41. The molecule has 5 nitrogen and oxygen atoms in total. The molecule has 0 N–H and O–H groups in total. The normalized spacial score (nSPS) is 20.0. The minimum atomic E-state index is -0.422. The number of ether oxygens (including phenoxy) is 1. The van der Waals surface area contributed by atoms with E-state index < -0.39 is 13.1 Å². The molecule has 0 saturated carbocycles. The number of carbonyl (C=O) groups is 1. The summed E-state index contributed by atoms with van der Waals surface area (Å²) in [6, 6.07) is 5.22. The molecule has 1 fully saturated rings. The monoisotopic (exact) mass is 289 g/mol. The second-order valence-corrected chi connectivity index (χ2v) is 5.98. The number of pyridine rings is 1. The quantitative estimate of drug-likeness (QED) is 0.632. The van der Waals surface area contributed by atoms with Gasteiger partial charge in [0.15, 0.2) is 0 Å². The Balaban J connectivity index is 2.07. The molecule has 2 heterocycles. The van der Waals surface area contributed by atoms with Crippen LogP contribution in [0.4, 0.5) is 0 Å². The van der Waals surface area contributed by atoms with Crippen molar-refractivity contribution >= 4 is 19.2 Å². The van der Waals surface area contributed by atoms with Gasteiger partial charge in [0.05, 0.1) is 16.9 Å². The van der Waals surface area contributed by atoms with E-state index in [9.17, 15) is 4.79 Å². The van der Waals surface area contributed by atoms with Gasteiger partial charge in [-0.05, 0) is 39.8 Å². The number of aromatic nitrogens is 1. The van der Waals surface area contributed by atoms with Crippen molar-refractivity contribution < 1.29 is 18.8 Å². The summed E-state index contributed by atoms with van der Waals surface area (Å²) in [4.78, 5) is 15.1. The van der Waals surface area contributed by atoms with E-state index in [0.29, 0.717) is 5.69 Å². The molecule has 1 aliphatic heterocycles. The second-order valence-electron chi connectivity index (χ2n) is 5.98. The molecule has 0 aliphatic carbocycles. The average Bonchev–Trinajstić information content (AvgIpc) is 2.55. The van der Waals surface area contributed by atoms with E-state index in [2.05, 4.69) is 4.98 Å². The molecule has 0 aromatic carbocycles. The summed E-state index contributed by atoms with van der Waals surface area (Å²) < 4.78 is 16.7. The summed E-state index contributed by atoms with van der Waals surface area (Å²) in [6.07, 6.45) is 1.79. The Kier molecular flexibility index (Phi) is 4.21. The van der Waals surface area contributed by atoms with Crippen molar-refractivity contribution in [3.8, 4) is 5.88 Å². The SMILES string of the molecule is CC(=O)Oc1cccc(/C=C/B2OC(C)(C)C(C)(C)O2)n1. The van der Waals surface area contributed by atoms with Crippen LogP contribution in [0.5, 0.6) is 5.88 Å². The van der Waals surface area contributed by atoms with Crippen LogP contribution in [-0.2, 0) is 14.1 Å². The van der Waals surface area contributed by atoms with E-state index >= 15 is 0 Å². The topological polar surface area (TPSA) is 57.7 Å². The molecule has 0 radical (unpaired) electrons. The minimum Gasteiger partial charge on any atom is -0.408 e. The minimum absolute atomic E-state index is 0.276. The molecule has 1 aromatic heterocycles. The molecular weight excluding hydrogens is 269 g/mol. The van der Waals surface area contributed by atoms with Gasteiger partial charge in [0.25, 0.3) is 0 Å². The Hall–Kier alpha value is -1.66. The zero-order valence-electron chi connectivity index (χ0n) is 13.0. The lowest BCUT2D eigenvalue weighted by atomic mass is 9.89. The Morgan fingerprint density at radius 1 is 1.24 bits per heavy atom. The summed E-state index contributed by atoms with van der Waals surface area (Å²) >= 11 is 0. The molecule has 0 amide bonds. The van der Waals surface area contributed by atoms with Crippen LogP contribution < -0.4 is 4.74 Å². The first kappa shape index (κ1) is 15.7. The Labute approximate surface area is 125 Å². The number of carbonyl (C=O) groups excluding carboxylic acids is 1. The van der Waals surface area contributed by atoms with Crippen LogP contribution in [0, 0.1) is 0 Å². The number of nitrogens with zero attached hydrogens (tertiary/aromatic N) is 1. The summed E-state index contributed by atoms with van der Waals surface area (Å²) in [5.74, 6) is 1.68. The summed E-state index contributed by atoms with van der Waals surface area (Å²) in [6.45, 7) is 9.34. The van der Waals surface area contributed by atoms with E-state index in [1.807, 2.05) is 33.8 Å². The molecule has 0 spiro atoms. The number of rotatable bonds is 3. The van der Waals surface area contributed by atoms with Gasteiger partial charge in [-0.25, -0.2) is 4.98 Å². The molecule has 0 atom stereocenters. The van der Waals surface area contributed by atoms with Gasteiger partial charge < -0.3 is 14.0 Å². The first-order chi connectivity index (χ1) is 9.69. The highest BCUT2D eigenvalue weighted by atomic mass is 16.7. The summed E-state index contributed by atoms with van der Waals surface area (Å²) in [5.41, 5.74) is -0.0622. The maximum Gasteiger partial charge on any atom is 0.487 e. The van der Waals surface area contributed by atoms with E-state index in [1.165, 1.54) is 6.92 Å². The van der Waals surface area contributed by atoms with E-state index in [0.717, 1.165) is 0 Å². The maximum absolute atomic E-state index is 10.9. The molecule has 6 heteroatoms. The van der Waals surface area contributed by atoms with Gasteiger partial charge in [-0.1, -0.05) is 12.0 Å². The molecular formula is C15H20BNO4. The van der Waals surface area contributed by atoms with Crippen LogP contribution >= 0.6 is 0 Å². The zero-order valence-corrected chi connectivity index (χ0v) is 13.0. The molecule has 0 unspecified atom stereocenters. The maximum atomic E-state index is 10.9. The van der Waals surface area contributed by atoms with Crippen molar-refractivity contribution in [1.29, 1.82) is 0 Å². The molecule has 1 aromatic rings. The van der Waals surface area contributed by atoms with Crippen LogP contribution in [0.3, 0.4) is 0 Å². The van der Waals surface area contributed by atoms with Gasteiger partial charge in [0.2, 0.25) is 5.88 Å². The summed E-state index contributed by atoms with van der Waals surface area (Å²) in [5, 5.41) is 0. The fraction of sp³-hybridized carbons (Fsp3) is 0.467. The number of hydrogen-bond donors (Lipinski definition) is 0. The van der Waals surface area contributed by atoms with Gasteiger partial charge >= 0.3 is 13.1 Å². The Bertz CT molecular complexity index is 553. The first-order valence-corrected chi connectivity index (χ1v) is 6.89. The zero-order chi connectivity index (χ0) is 15.7. The van der Waals surface area contributed by atoms with Crippen molar-refractivity contribution in [3.63, 3.8) is 0 Å². The van der Waals surface area contributed by atoms with Gasteiger partial charge in [0.1, 0.15) is 0 Å². The fourth-order valence-corrected chi connectivity index (χ4v) is 1.87. The lowest BCUT2D eigenvalue weighted by Gasteiger charge is -2.32. The van der Waals surface area contributed by atoms with Crippen molar-refractivity contribution in [2.24, 2.45) is 0 Å². The van der Waals surface area contributed by atoms with Crippen molar-refractivity contribution in [3.05, 3.63) is 29.9 Å². The van der Waals surface area contributed by atoms with Crippen molar-refractivity contribution in [2.45, 2.75) is 45.8 Å². The molecule has 2 rings (SSSR count). The predicted molar refractivity (Wildman–Crippen MR) is 80.7 cm³/mol. The van der Waals surface area contributed by atoms with Crippen LogP contribution in [0.2, 0.25) is 0 Å². The van der Waals surface area contributed by atoms with Crippen molar-refractivity contribution in [2.75, 3.05) is 0 Å². The standard InChI is InChI=1S/C15H20BNO4/c1-11(18)19-13-8-6-7-12(17-13)9-10-16-20-14(2,3)15(4,5)21-16/h6-10H,1-5H3/b10-9+. The fourth-order valence-electron chi connectivity index (χ4n) is 1.87. The second kappa shape index (κ2) is 5.62. The first-order valence-electron chi connectivity index (χ1n) is 6.89. The Morgan fingerprint density at radius 3 is 2.43 bits per heavy atom. The van der Waals surface area contributed by atoms with Gasteiger partial charge in [-0.15, -0.1) is 0 Å². The third-order valence-corrected chi connectivity index (χ3v) is 3.69. The highest BCUT2D eigenvalue weighted by Gasteiger charge is 2.49. The van der Waals surface area contributed by atoms with E-state index in [1.54, 1.807) is 24.2 Å². The molecule has 1 saturated heterocycles. The van der Waals surface area contributed by atoms with Crippen LogP contribution in [0.15, 0.2) is 24.2 Å². The molecule has 0 bridgehead atoms. The third kappa shape index (κ3) is 3.71. The van der Waals surface area contributed by atoms with E-state index in [-0.39, 0.29) is 17.1 Å². The Morgan fingerprint density at radius 2 is 1.86 bits per heavy atom. The van der Waals surface area contributed by atoms with Crippen LogP contribution in [0.1, 0.15) is 40.3 Å². The van der Waals surface area contributed by atoms with Crippen molar-refractivity contribution in [1.82, 2.24) is 4.98 Å². The van der Waals surface area contributed by atoms with Gasteiger partial charge in [-0.3, -0.25) is 4.79 Å². The van der Waals surface area contributed by atoms with Gasteiger partial charge in [-0.2, -0.15) is 0 Å². The highest BCUT2D eigenvalue weighted by molar-refractivity contribution is 6.52. The predicted octanol–water partition coefficient (Wildman–Crippen LogP) is 2.65. The van der Waals surface area contributed by atoms with Crippen LogP contribution in [0.25, 0.3) is 6.08 Å².